The van der Waals surface area contributed by atoms with Crippen LogP contribution in [0.25, 0.3) is 0 Å². The Hall–Kier alpha value is -1.43. The van der Waals surface area contributed by atoms with Crippen LogP contribution in [0.3, 0.4) is 0 Å². The highest BCUT2D eigenvalue weighted by Gasteiger charge is 2.42. The van der Waals surface area contributed by atoms with Crippen LogP contribution in [0.4, 0.5) is 8.78 Å². The summed E-state index contributed by atoms with van der Waals surface area (Å²) >= 11 is 0. The minimum Gasteiger partial charge on any atom is -0.494 e. The van der Waals surface area contributed by atoms with Gasteiger partial charge in [-0.25, -0.2) is 8.78 Å². The number of nitrogens with one attached hydrogen (secondary N) is 1. The van der Waals surface area contributed by atoms with Crippen LogP contribution in [0.1, 0.15) is 32.1 Å². The topological polar surface area (TPSA) is 64.4 Å². The Balaban J connectivity index is 1.40. The lowest BCUT2D eigenvalue weighted by Gasteiger charge is -2.23. The van der Waals surface area contributed by atoms with Crippen molar-refractivity contribution in [2.45, 2.75) is 38.3 Å². The highest BCUT2D eigenvalue weighted by Crippen LogP contribution is 2.49. The zero-order valence-corrected chi connectivity index (χ0v) is 13.8. The smallest absolute Gasteiger partial charge is 0.218 e. The standard InChI is InChI=1S/C18H26F2N2O2/c19-16-8-13(9-17(20)15(16)10-18(21)23)24-6-3-12-7-14(12)11-1-4-22-5-2-11/h8-9,11-12,14-16,22H,1-7,10H2,(H2,21,23)/t12-,14?,15?,16?/m1/s1. The highest BCUT2D eigenvalue weighted by atomic mass is 19.1. The number of halogens is 2. The van der Waals surface area contributed by atoms with Crippen molar-refractivity contribution in [2.75, 3.05) is 19.7 Å². The number of carbonyl (C=O) groups is 1. The van der Waals surface area contributed by atoms with E-state index in [0.717, 1.165) is 31.3 Å². The predicted molar refractivity (Wildman–Crippen MR) is 87.2 cm³/mol. The third-order valence-corrected chi connectivity index (χ3v) is 5.49. The van der Waals surface area contributed by atoms with Crippen molar-refractivity contribution in [3.05, 3.63) is 23.7 Å². The molecule has 24 heavy (non-hydrogen) atoms. The predicted octanol–water partition coefficient (Wildman–Crippen LogP) is 2.61. The van der Waals surface area contributed by atoms with E-state index in [0.29, 0.717) is 12.5 Å². The molecule has 134 valence electrons. The molecule has 3 unspecified atom stereocenters. The van der Waals surface area contributed by atoms with E-state index in [2.05, 4.69) is 5.32 Å². The van der Waals surface area contributed by atoms with Crippen molar-refractivity contribution < 1.29 is 18.3 Å². The fraction of sp³-hybridized carbons (Fsp3) is 0.722. The van der Waals surface area contributed by atoms with Crippen molar-refractivity contribution in [3.63, 3.8) is 0 Å². The molecular weight excluding hydrogens is 314 g/mol. The first-order chi connectivity index (χ1) is 11.5. The number of ether oxygens (including phenoxy) is 1. The summed E-state index contributed by atoms with van der Waals surface area (Å²) in [4.78, 5) is 10.9. The van der Waals surface area contributed by atoms with Crippen LogP contribution in [0.15, 0.2) is 23.7 Å². The van der Waals surface area contributed by atoms with Crippen molar-refractivity contribution in [3.8, 4) is 0 Å². The molecule has 2 fully saturated rings. The first-order valence-corrected chi connectivity index (χ1v) is 8.89. The Morgan fingerprint density at radius 1 is 1.38 bits per heavy atom. The van der Waals surface area contributed by atoms with Gasteiger partial charge in [-0.3, -0.25) is 4.79 Å². The molecule has 4 nitrogen and oxygen atoms in total. The van der Waals surface area contributed by atoms with Gasteiger partial charge in [-0.05, 0) is 62.6 Å². The number of amides is 1. The van der Waals surface area contributed by atoms with Crippen LogP contribution in [0, 0.1) is 23.7 Å². The van der Waals surface area contributed by atoms with Gasteiger partial charge in [-0.2, -0.15) is 0 Å². The minimum absolute atomic E-state index is 0.222. The summed E-state index contributed by atoms with van der Waals surface area (Å²) in [6.07, 6.45) is 5.23. The lowest BCUT2D eigenvalue weighted by atomic mass is 9.91. The van der Waals surface area contributed by atoms with Crippen molar-refractivity contribution in [2.24, 2.45) is 29.4 Å². The third kappa shape index (κ3) is 4.35. The first kappa shape index (κ1) is 17.4. The normalized spacial score (nSPS) is 33.6. The third-order valence-electron chi connectivity index (χ3n) is 5.49. The lowest BCUT2D eigenvalue weighted by Crippen LogP contribution is -2.29. The van der Waals surface area contributed by atoms with Gasteiger partial charge in [0, 0.05) is 12.5 Å². The van der Waals surface area contributed by atoms with Gasteiger partial charge < -0.3 is 15.8 Å². The molecule has 2 aliphatic carbocycles. The number of hydrogen-bond donors (Lipinski definition) is 2. The number of piperidine rings is 1. The maximum absolute atomic E-state index is 14.0. The summed E-state index contributed by atoms with van der Waals surface area (Å²) in [5.74, 6) is 0.0566. The molecule has 0 bridgehead atoms. The van der Waals surface area contributed by atoms with Crippen LogP contribution < -0.4 is 11.1 Å². The molecule has 4 atom stereocenters. The Morgan fingerprint density at radius 2 is 2.12 bits per heavy atom. The van der Waals surface area contributed by atoms with Crippen LogP contribution >= 0.6 is 0 Å². The van der Waals surface area contributed by atoms with Crippen molar-refractivity contribution in [1.29, 1.82) is 0 Å². The molecular formula is C18H26F2N2O2. The van der Waals surface area contributed by atoms with E-state index >= 15 is 0 Å². The number of allylic oxidation sites excluding steroid dienone is 3. The van der Waals surface area contributed by atoms with E-state index in [-0.39, 0.29) is 12.2 Å². The minimum atomic E-state index is -1.57. The van der Waals surface area contributed by atoms with Crippen LogP contribution in [-0.4, -0.2) is 31.8 Å². The summed E-state index contributed by atoms with van der Waals surface area (Å²) in [6, 6.07) is 0. The molecule has 1 saturated heterocycles. The molecule has 3 N–H and O–H groups in total. The molecule has 1 heterocycles. The van der Waals surface area contributed by atoms with Gasteiger partial charge in [0.2, 0.25) is 5.91 Å². The second-order valence-corrected chi connectivity index (χ2v) is 7.20. The number of alkyl halides is 1. The molecule has 3 rings (SSSR count). The van der Waals surface area contributed by atoms with E-state index in [1.807, 2.05) is 0 Å². The fourth-order valence-electron chi connectivity index (χ4n) is 4.01. The molecule has 6 heteroatoms. The van der Waals surface area contributed by atoms with Gasteiger partial charge in [0.15, 0.2) is 0 Å². The zero-order valence-electron chi connectivity index (χ0n) is 13.8. The summed E-state index contributed by atoms with van der Waals surface area (Å²) in [6.45, 7) is 2.71. The summed E-state index contributed by atoms with van der Waals surface area (Å²) < 4.78 is 33.4. The molecule has 3 aliphatic rings. The van der Waals surface area contributed by atoms with E-state index in [1.165, 1.54) is 31.4 Å². The van der Waals surface area contributed by atoms with Gasteiger partial charge >= 0.3 is 0 Å². The van der Waals surface area contributed by atoms with Gasteiger partial charge in [0.1, 0.15) is 17.8 Å². The Morgan fingerprint density at radius 3 is 2.79 bits per heavy atom. The average molecular weight is 340 g/mol. The Kier molecular flexibility index (Phi) is 5.54. The number of rotatable bonds is 7. The van der Waals surface area contributed by atoms with Crippen LogP contribution in [-0.2, 0) is 9.53 Å². The quantitative estimate of drug-likeness (QED) is 0.749. The van der Waals surface area contributed by atoms with E-state index in [9.17, 15) is 13.6 Å². The first-order valence-electron chi connectivity index (χ1n) is 8.89. The molecule has 1 saturated carbocycles. The largest absolute Gasteiger partial charge is 0.494 e. The van der Waals surface area contributed by atoms with Gasteiger partial charge in [0.25, 0.3) is 0 Å². The SMILES string of the molecule is NC(=O)CC1C(F)=CC(OCC[C@@H]2CC2C2CCNCC2)=CC1F. The number of hydrogen-bond acceptors (Lipinski definition) is 3. The maximum Gasteiger partial charge on any atom is 0.218 e. The summed E-state index contributed by atoms with van der Waals surface area (Å²) in [5, 5.41) is 3.38. The molecule has 0 aromatic heterocycles. The van der Waals surface area contributed by atoms with Crippen molar-refractivity contribution >= 4 is 5.91 Å². The molecule has 0 aromatic carbocycles. The zero-order chi connectivity index (χ0) is 17.1. The van der Waals surface area contributed by atoms with Crippen molar-refractivity contribution in [1.82, 2.24) is 5.32 Å². The summed E-state index contributed by atoms with van der Waals surface area (Å²) in [5.41, 5.74) is 5.02. The Bertz CT molecular complexity index is 529. The average Bonchev–Trinajstić information content (AvgIpc) is 3.31. The molecule has 0 radical (unpaired) electrons. The second-order valence-electron chi connectivity index (χ2n) is 7.20. The van der Waals surface area contributed by atoms with Crippen LogP contribution in [0.5, 0.6) is 0 Å². The summed E-state index contributed by atoms with van der Waals surface area (Å²) in [7, 11) is 0. The Labute approximate surface area is 141 Å². The van der Waals surface area contributed by atoms with E-state index < -0.39 is 23.8 Å². The number of carbonyl (C=O) groups excluding carboxylic acids is 1. The van der Waals surface area contributed by atoms with Gasteiger partial charge in [-0.15, -0.1) is 0 Å². The monoisotopic (exact) mass is 340 g/mol. The number of primary amides is 1. The molecule has 1 amide bonds. The van der Waals surface area contributed by atoms with Gasteiger partial charge in [-0.1, -0.05) is 0 Å². The number of nitrogens with two attached hydrogens (primary N) is 1. The lowest BCUT2D eigenvalue weighted by molar-refractivity contribution is -0.119. The van der Waals surface area contributed by atoms with E-state index in [4.69, 9.17) is 10.5 Å². The second kappa shape index (κ2) is 7.64. The molecule has 0 aromatic rings. The van der Waals surface area contributed by atoms with Crippen LogP contribution in [0.2, 0.25) is 0 Å². The maximum atomic E-state index is 14.0. The fourth-order valence-corrected chi connectivity index (χ4v) is 4.01. The highest BCUT2D eigenvalue weighted by molar-refractivity contribution is 5.74. The molecule has 0 spiro atoms. The van der Waals surface area contributed by atoms with E-state index in [1.54, 1.807) is 0 Å². The molecule has 1 aliphatic heterocycles. The van der Waals surface area contributed by atoms with Gasteiger partial charge in [0.05, 0.1) is 12.5 Å².